The molecular formula is C7H7BrN2O. The fourth-order valence-electron chi connectivity index (χ4n) is 0.485. The van der Waals surface area contributed by atoms with Crippen LogP contribution in [0.5, 0.6) is 0 Å². The molecule has 0 unspecified atom stereocenters. The largest absolute Gasteiger partial charge is 0.354 e. The summed E-state index contributed by atoms with van der Waals surface area (Å²) in [5.74, 6) is -1.03. The van der Waals surface area contributed by atoms with Gasteiger partial charge in [-0.1, -0.05) is 0 Å². The average Bonchev–Trinajstić information content (AvgIpc) is 2.17. The Morgan fingerprint density at radius 1 is 2.00 bits per heavy atom. The van der Waals surface area contributed by atoms with Crippen LogP contribution in [0.1, 0.15) is 18.7 Å². The van der Waals surface area contributed by atoms with Crippen LogP contribution in [0.3, 0.4) is 0 Å². The normalized spacial score (nSPS) is 18.3. The third-order valence-corrected chi connectivity index (χ3v) is 1.51. The SMILES string of the molecule is [2H]c1nc(C(=O)NC([2H])([2H])[2H])c(Br)c([2H])c1[2H]. The first kappa shape index (κ1) is 3.23. The van der Waals surface area contributed by atoms with Crippen molar-refractivity contribution in [2.75, 3.05) is 6.98 Å². The highest BCUT2D eigenvalue weighted by Gasteiger charge is 2.07. The van der Waals surface area contributed by atoms with Crippen molar-refractivity contribution >= 4 is 21.8 Å². The molecule has 0 aliphatic carbocycles. The lowest BCUT2D eigenvalue weighted by Crippen LogP contribution is -2.19. The van der Waals surface area contributed by atoms with E-state index in [-0.39, 0.29) is 10.5 Å². The maximum absolute atomic E-state index is 11.5. The molecule has 4 heteroatoms. The number of rotatable bonds is 1. The van der Waals surface area contributed by atoms with Gasteiger partial charge in [-0.2, -0.15) is 0 Å². The first-order valence-corrected chi connectivity index (χ1v) is 3.38. The second-order valence-electron chi connectivity index (χ2n) is 1.59. The zero-order valence-electron chi connectivity index (χ0n) is 11.2. The maximum atomic E-state index is 11.5. The molecule has 0 aliphatic heterocycles. The molecule has 1 rings (SSSR count). The van der Waals surface area contributed by atoms with Gasteiger partial charge in [0.2, 0.25) is 0 Å². The Bertz CT molecular complexity index is 474. The van der Waals surface area contributed by atoms with E-state index in [2.05, 4.69) is 20.9 Å². The summed E-state index contributed by atoms with van der Waals surface area (Å²) in [6, 6.07) is -0.831. The highest BCUT2D eigenvalue weighted by atomic mass is 79.9. The van der Waals surface area contributed by atoms with Crippen LogP contribution in [0.25, 0.3) is 0 Å². The molecule has 11 heavy (non-hydrogen) atoms. The van der Waals surface area contributed by atoms with Crippen molar-refractivity contribution < 1.29 is 13.0 Å². The van der Waals surface area contributed by atoms with E-state index >= 15 is 0 Å². The minimum atomic E-state index is -2.68. The lowest BCUT2D eigenvalue weighted by atomic mass is 10.3. The van der Waals surface area contributed by atoms with E-state index in [9.17, 15) is 4.79 Å². The smallest absolute Gasteiger partial charge is 0.270 e. The monoisotopic (exact) mass is 220 g/mol. The number of hydrogen-bond acceptors (Lipinski definition) is 2. The molecule has 1 aromatic rings. The maximum Gasteiger partial charge on any atom is 0.270 e. The second kappa shape index (κ2) is 3.48. The summed E-state index contributed by atoms with van der Waals surface area (Å²) in [5.41, 5.74) is -0.396. The number of hydrogen-bond donors (Lipinski definition) is 1. The van der Waals surface area contributed by atoms with Crippen molar-refractivity contribution in [2.45, 2.75) is 0 Å². The summed E-state index contributed by atoms with van der Waals surface area (Å²) in [6.45, 7) is -2.68. The minimum absolute atomic E-state index is 0.111. The van der Waals surface area contributed by atoms with Gasteiger partial charge >= 0.3 is 0 Å². The highest BCUT2D eigenvalue weighted by Crippen LogP contribution is 2.12. The van der Waals surface area contributed by atoms with Gasteiger partial charge in [-0.25, -0.2) is 4.98 Å². The molecule has 1 aromatic heterocycles. The van der Waals surface area contributed by atoms with Crippen molar-refractivity contribution in [2.24, 2.45) is 0 Å². The molecule has 0 spiro atoms. The predicted octanol–water partition coefficient (Wildman–Crippen LogP) is 1.20. The Morgan fingerprint density at radius 3 is 3.55 bits per heavy atom. The standard InChI is InChI=1S/C7H7BrN2O/c1-9-7(11)6-5(8)3-2-4-10-6/h2-4H,1H3,(H,9,11)/i1D3,2D,3D,4D. The molecule has 0 aliphatic rings. The van der Waals surface area contributed by atoms with Crippen LogP contribution in [0, 0.1) is 0 Å². The third kappa shape index (κ3) is 1.77. The van der Waals surface area contributed by atoms with Gasteiger partial charge in [0.15, 0.2) is 0 Å². The predicted molar refractivity (Wildman–Crippen MR) is 45.3 cm³/mol. The average molecular weight is 221 g/mol. The Kier molecular flexibility index (Phi) is 1.02. The van der Waals surface area contributed by atoms with E-state index in [1.807, 2.05) is 0 Å². The molecule has 0 aromatic carbocycles. The number of nitrogens with zero attached hydrogens (tertiary/aromatic N) is 1. The summed E-state index contributed by atoms with van der Waals surface area (Å²) >= 11 is 2.88. The number of carbonyl (C=O) groups is 1. The molecule has 0 saturated heterocycles. The fourth-order valence-corrected chi connectivity index (χ4v) is 0.852. The van der Waals surface area contributed by atoms with Gasteiger partial charge < -0.3 is 5.32 Å². The van der Waals surface area contributed by atoms with E-state index in [0.29, 0.717) is 0 Å². The number of pyridine rings is 1. The number of carbonyl (C=O) groups excluding carboxylic acids is 1. The van der Waals surface area contributed by atoms with Crippen LogP contribution in [0.15, 0.2) is 22.7 Å². The molecule has 0 radical (unpaired) electrons. The van der Waals surface area contributed by atoms with Crippen LogP contribution in [0.4, 0.5) is 0 Å². The van der Waals surface area contributed by atoms with Crippen LogP contribution in [-0.2, 0) is 0 Å². The van der Waals surface area contributed by atoms with Crippen LogP contribution in [-0.4, -0.2) is 17.9 Å². The van der Waals surface area contributed by atoms with E-state index in [4.69, 9.17) is 8.22 Å². The molecule has 58 valence electrons. The second-order valence-corrected chi connectivity index (χ2v) is 2.38. The highest BCUT2D eigenvalue weighted by molar-refractivity contribution is 9.10. The molecule has 0 bridgehead atoms. The van der Waals surface area contributed by atoms with Gasteiger partial charge in [-0.15, -0.1) is 0 Å². The number of amides is 1. The van der Waals surface area contributed by atoms with Gasteiger partial charge in [-0.3, -0.25) is 4.79 Å². The first-order chi connectivity index (χ1) is 7.63. The van der Waals surface area contributed by atoms with Crippen molar-refractivity contribution in [1.82, 2.24) is 10.3 Å². The van der Waals surface area contributed by atoms with Crippen LogP contribution < -0.4 is 5.32 Å². The van der Waals surface area contributed by atoms with Crippen molar-refractivity contribution in [1.29, 1.82) is 0 Å². The summed E-state index contributed by atoms with van der Waals surface area (Å²) in [6.07, 6.45) is -0.561. The van der Waals surface area contributed by atoms with Crippen molar-refractivity contribution in [3.8, 4) is 0 Å². The van der Waals surface area contributed by atoms with E-state index in [1.54, 1.807) is 5.32 Å². The van der Waals surface area contributed by atoms with Gasteiger partial charge in [0.05, 0.1) is 4.11 Å². The Balaban J connectivity index is 3.20. The summed E-state index contributed by atoms with van der Waals surface area (Å²) < 4.78 is 42.5. The molecular weight excluding hydrogens is 208 g/mol. The summed E-state index contributed by atoms with van der Waals surface area (Å²) in [5, 5.41) is 1.69. The topological polar surface area (TPSA) is 42.0 Å². The van der Waals surface area contributed by atoms with Gasteiger partial charge in [0.25, 0.3) is 5.91 Å². The fraction of sp³-hybridized carbons (Fsp3) is 0.143. The zero-order chi connectivity index (χ0) is 13.4. The molecule has 0 fully saturated rings. The zero-order valence-corrected chi connectivity index (χ0v) is 6.82. The van der Waals surface area contributed by atoms with E-state index in [1.165, 1.54) is 0 Å². The van der Waals surface area contributed by atoms with E-state index < -0.39 is 30.8 Å². The van der Waals surface area contributed by atoms with Gasteiger partial charge in [0, 0.05) is 21.7 Å². The molecule has 1 N–H and O–H groups in total. The number of nitrogens with one attached hydrogen (secondary N) is 1. The molecule has 1 amide bonds. The number of aromatic nitrogens is 1. The number of halogens is 1. The summed E-state index contributed by atoms with van der Waals surface area (Å²) in [4.78, 5) is 15.0. The molecule has 0 saturated carbocycles. The Hall–Kier alpha value is -0.900. The van der Waals surface area contributed by atoms with Crippen molar-refractivity contribution in [3.63, 3.8) is 0 Å². The van der Waals surface area contributed by atoms with Crippen molar-refractivity contribution in [3.05, 3.63) is 28.4 Å². The first-order valence-electron chi connectivity index (χ1n) is 5.59. The van der Waals surface area contributed by atoms with E-state index in [0.717, 1.165) is 0 Å². The van der Waals surface area contributed by atoms with Gasteiger partial charge in [0.1, 0.15) is 5.69 Å². The van der Waals surface area contributed by atoms with Gasteiger partial charge in [-0.05, 0) is 28.0 Å². The Labute approximate surface area is 81.4 Å². The quantitative estimate of drug-likeness (QED) is 0.774. The summed E-state index contributed by atoms with van der Waals surface area (Å²) in [7, 11) is 0. The lowest BCUT2D eigenvalue weighted by Gasteiger charge is -1.99. The molecule has 3 nitrogen and oxygen atoms in total. The lowest BCUT2D eigenvalue weighted by molar-refractivity contribution is 0.0957. The van der Waals surface area contributed by atoms with Crippen LogP contribution in [0.2, 0.25) is 0 Å². The van der Waals surface area contributed by atoms with Crippen LogP contribution >= 0.6 is 15.9 Å². The minimum Gasteiger partial charge on any atom is -0.354 e. The third-order valence-electron chi connectivity index (χ3n) is 0.932. The molecule has 0 atom stereocenters. The Morgan fingerprint density at radius 2 is 2.82 bits per heavy atom. The molecule has 1 heterocycles.